The summed E-state index contributed by atoms with van der Waals surface area (Å²) >= 11 is 0. The van der Waals surface area contributed by atoms with Gasteiger partial charge in [-0.2, -0.15) is 0 Å². The van der Waals surface area contributed by atoms with E-state index in [2.05, 4.69) is 59.2 Å². The predicted molar refractivity (Wildman–Crippen MR) is 83.6 cm³/mol. The Balaban J connectivity index is 1.82. The molecule has 0 aliphatic heterocycles. The van der Waals surface area contributed by atoms with Crippen LogP contribution in [-0.2, 0) is 6.42 Å². The van der Waals surface area contributed by atoms with E-state index in [4.69, 9.17) is 0 Å². The zero-order valence-corrected chi connectivity index (χ0v) is 12.4. The number of benzene rings is 1. The van der Waals surface area contributed by atoms with E-state index >= 15 is 0 Å². The Labute approximate surface area is 121 Å². The largest absolute Gasteiger partial charge is 0.326 e. The van der Waals surface area contributed by atoms with Crippen LogP contribution in [0, 0.1) is 6.92 Å². The molecule has 3 rings (SSSR count). The first kappa shape index (κ1) is 13.2. The topological polar surface area (TPSA) is 29.9 Å². The van der Waals surface area contributed by atoms with Gasteiger partial charge in [0.15, 0.2) is 0 Å². The third-order valence-corrected chi connectivity index (χ3v) is 4.19. The molecule has 1 aliphatic carbocycles. The fourth-order valence-electron chi connectivity index (χ4n) is 3.02. The Kier molecular flexibility index (Phi) is 3.77. The van der Waals surface area contributed by atoms with Gasteiger partial charge in [0.25, 0.3) is 0 Å². The fourth-order valence-corrected chi connectivity index (χ4v) is 3.02. The smallest absolute Gasteiger partial charge is 0.207 e. The van der Waals surface area contributed by atoms with E-state index in [0.29, 0.717) is 6.04 Å². The first-order valence-electron chi connectivity index (χ1n) is 7.67. The average molecular weight is 269 g/mol. The molecule has 2 aromatic rings. The summed E-state index contributed by atoms with van der Waals surface area (Å²) in [5, 5.41) is 3.47. The van der Waals surface area contributed by atoms with Gasteiger partial charge in [0.05, 0.1) is 5.69 Å². The Morgan fingerprint density at radius 3 is 2.55 bits per heavy atom. The highest BCUT2D eigenvalue weighted by Crippen LogP contribution is 2.32. The average Bonchev–Trinajstić information content (AvgIpc) is 3.09. The van der Waals surface area contributed by atoms with Crippen LogP contribution in [0.4, 0.5) is 11.6 Å². The maximum atomic E-state index is 4.64. The summed E-state index contributed by atoms with van der Waals surface area (Å²) in [6, 6.07) is 9.26. The molecule has 3 nitrogen and oxygen atoms in total. The minimum absolute atomic E-state index is 0.619. The fraction of sp³-hybridized carbons (Fsp3) is 0.471. The van der Waals surface area contributed by atoms with Crippen LogP contribution in [0.5, 0.6) is 0 Å². The lowest BCUT2D eigenvalue weighted by molar-refractivity contribution is 0.524. The van der Waals surface area contributed by atoms with E-state index in [1.165, 1.54) is 31.2 Å². The summed E-state index contributed by atoms with van der Waals surface area (Å²) in [5.74, 6) is 0.985. The van der Waals surface area contributed by atoms with Crippen LogP contribution in [-0.4, -0.2) is 9.55 Å². The van der Waals surface area contributed by atoms with Gasteiger partial charge in [-0.3, -0.25) is 0 Å². The van der Waals surface area contributed by atoms with Gasteiger partial charge in [-0.1, -0.05) is 31.9 Å². The lowest BCUT2D eigenvalue weighted by atomic mass is 10.1. The molecule has 1 fully saturated rings. The van der Waals surface area contributed by atoms with Crippen LogP contribution in [0.25, 0.3) is 0 Å². The molecule has 1 saturated carbocycles. The highest BCUT2D eigenvalue weighted by Gasteiger charge is 2.20. The molecular weight excluding hydrogens is 246 g/mol. The minimum Gasteiger partial charge on any atom is -0.326 e. The van der Waals surface area contributed by atoms with E-state index in [1.54, 1.807) is 0 Å². The highest BCUT2D eigenvalue weighted by atomic mass is 15.2. The molecule has 1 aromatic carbocycles. The highest BCUT2D eigenvalue weighted by molar-refractivity contribution is 5.54. The first-order valence-corrected chi connectivity index (χ1v) is 7.67. The summed E-state index contributed by atoms with van der Waals surface area (Å²) in [5.41, 5.74) is 3.57. The second-order valence-corrected chi connectivity index (χ2v) is 5.73. The second-order valence-electron chi connectivity index (χ2n) is 5.73. The number of imidazole rings is 1. The van der Waals surface area contributed by atoms with Gasteiger partial charge < -0.3 is 9.88 Å². The van der Waals surface area contributed by atoms with Crippen molar-refractivity contribution in [1.82, 2.24) is 9.55 Å². The molecule has 0 spiro atoms. The summed E-state index contributed by atoms with van der Waals surface area (Å²) in [7, 11) is 0. The van der Waals surface area contributed by atoms with Crippen LogP contribution < -0.4 is 5.32 Å². The molecule has 3 heteroatoms. The van der Waals surface area contributed by atoms with Gasteiger partial charge >= 0.3 is 0 Å². The number of aromatic nitrogens is 2. The maximum Gasteiger partial charge on any atom is 0.207 e. The molecule has 1 aromatic heterocycles. The number of hydrogen-bond donors (Lipinski definition) is 1. The van der Waals surface area contributed by atoms with Crippen LogP contribution in [0.2, 0.25) is 0 Å². The molecule has 20 heavy (non-hydrogen) atoms. The van der Waals surface area contributed by atoms with Crippen molar-refractivity contribution in [2.24, 2.45) is 0 Å². The van der Waals surface area contributed by atoms with Crippen LogP contribution >= 0.6 is 0 Å². The van der Waals surface area contributed by atoms with Crippen molar-refractivity contribution in [3.8, 4) is 0 Å². The molecule has 0 saturated heterocycles. The van der Waals surface area contributed by atoms with Gasteiger partial charge in [-0.05, 0) is 43.9 Å². The van der Waals surface area contributed by atoms with Crippen LogP contribution in [0.15, 0.2) is 30.5 Å². The Morgan fingerprint density at radius 1 is 1.20 bits per heavy atom. The van der Waals surface area contributed by atoms with E-state index in [0.717, 1.165) is 23.8 Å². The van der Waals surface area contributed by atoms with Crippen molar-refractivity contribution in [3.05, 3.63) is 41.7 Å². The number of anilines is 2. The number of hydrogen-bond acceptors (Lipinski definition) is 2. The molecule has 1 heterocycles. The maximum absolute atomic E-state index is 4.64. The summed E-state index contributed by atoms with van der Waals surface area (Å²) in [6.07, 6.45) is 8.49. The van der Waals surface area contributed by atoms with Crippen LogP contribution in [0.3, 0.4) is 0 Å². The van der Waals surface area contributed by atoms with E-state index in [-0.39, 0.29) is 0 Å². The molecule has 0 bridgehead atoms. The van der Waals surface area contributed by atoms with Crippen molar-refractivity contribution in [2.45, 2.75) is 52.0 Å². The minimum atomic E-state index is 0.619. The molecular formula is C17H23N3. The number of aryl methyl sites for hydroxylation is 2. The van der Waals surface area contributed by atoms with Crippen molar-refractivity contribution >= 4 is 11.6 Å². The van der Waals surface area contributed by atoms with E-state index in [9.17, 15) is 0 Å². The zero-order valence-electron chi connectivity index (χ0n) is 12.4. The Morgan fingerprint density at radius 2 is 1.90 bits per heavy atom. The molecule has 1 N–H and O–H groups in total. The molecule has 0 amide bonds. The Hall–Kier alpha value is -1.77. The molecule has 0 radical (unpaired) electrons. The number of nitrogens with zero attached hydrogens (tertiary/aromatic N) is 2. The zero-order chi connectivity index (χ0) is 13.9. The SMILES string of the molecule is CCc1ccc(Nc2nc(C)cn2C2CCCC2)cc1. The van der Waals surface area contributed by atoms with Crippen molar-refractivity contribution in [2.75, 3.05) is 5.32 Å². The number of rotatable bonds is 4. The third kappa shape index (κ3) is 2.72. The normalized spacial score (nSPS) is 15.7. The summed E-state index contributed by atoms with van der Waals surface area (Å²) in [6.45, 7) is 4.25. The third-order valence-electron chi connectivity index (χ3n) is 4.19. The molecule has 0 unspecified atom stereocenters. The Bertz CT molecular complexity index is 562. The van der Waals surface area contributed by atoms with Gasteiger partial charge in [0.2, 0.25) is 5.95 Å². The second kappa shape index (κ2) is 5.70. The molecule has 106 valence electrons. The van der Waals surface area contributed by atoms with Gasteiger partial charge in [0.1, 0.15) is 0 Å². The number of nitrogens with one attached hydrogen (secondary N) is 1. The standard InChI is InChI=1S/C17H23N3/c1-3-14-8-10-15(11-9-14)19-17-18-13(2)12-20(17)16-6-4-5-7-16/h8-12,16H,3-7H2,1-2H3,(H,18,19). The molecule has 0 atom stereocenters. The van der Waals surface area contributed by atoms with E-state index < -0.39 is 0 Å². The van der Waals surface area contributed by atoms with Crippen molar-refractivity contribution in [3.63, 3.8) is 0 Å². The summed E-state index contributed by atoms with van der Waals surface area (Å²) in [4.78, 5) is 4.64. The van der Waals surface area contributed by atoms with Crippen molar-refractivity contribution in [1.29, 1.82) is 0 Å². The van der Waals surface area contributed by atoms with Crippen LogP contribution in [0.1, 0.15) is 49.9 Å². The lowest BCUT2D eigenvalue weighted by Crippen LogP contribution is -2.07. The first-order chi connectivity index (χ1) is 9.76. The summed E-state index contributed by atoms with van der Waals surface area (Å²) < 4.78 is 2.33. The quantitative estimate of drug-likeness (QED) is 0.878. The molecule has 1 aliphatic rings. The van der Waals surface area contributed by atoms with Gasteiger partial charge in [-0.25, -0.2) is 4.98 Å². The predicted octanol–water partition coefficient (Wildman–Crippen LogP) is 4.61. The van der Waals surface area contributed by atoms with Crippen molar-refractivity contribution < 1.29 is 0 Å². The monoisotopic (exact) mass is 269 g/mol. The van der Waals surface area contributed by atoms with Gasteiger partial charge in [0, 0.05) is 17.9 Å². The van der Waals surface area contributed by atoms with E-state index in [1.807, 2.05) is 0 Å². The van der Waals surface area contributed by atoms with Gasteiger partial charge in [-0.15, -0.1) is 0 Å². The lowest BCUT2D eigenvalue weighted by Gasteiger charge is -2.15.